The second-order valence-corrected chi connectivity index (χ2v) is 4.97. The number of aromatic nitrogens is 2. The Morgan fingerprint density at radius 1 is 1.44 bits per heavy atom. The minimum atomic E-state index is -0.0652. The van der Waals surface area contributed by atoms with E-state index >= 15 is 0 Å². The molecule has 5 nitrogen and oxygen atoms in total. The normalized spacial score (nSPS) is 26.1. The molecule has 2 unspecified atom stereocenters. The first-order chi connectivity index (χ1) is 7.77. The molecule has 16 heavy (non-hydrogen) atoms. The summed E-state index contributed by atoms with van der Waals surface area (Å²) in [7, 11) is 0. The van der Waals surface area contributed by atoms with E-state index in [0.29, 0.717) is 5.00 Å². The second kappa shape index (κ2) is 5.36. The summed E-state index contributed by atoms with van der Waals surface area (Å²) in [4.78, 5) is 12.0. The number of nitrogens with one attached hydrogen (secondary N) is 1. The van der Waals surface area contributed by atoms with Crippen molar-refractivity contribution in [2.24, 2.45) is 11.7 Å². The number of amides is 1. The summed E-state index contributed by atoms with van der Waals surface area (Å²) < 4.78 is 3.70. The Bertz CT molecular complexity index is 341. The summed E-state index contributed by atoms with van der Waals surface area (Å²) in [5.74, 6) is -0.0509. The number of hydrogen-bond donors (Lipinski definition) is 2. The van der Waals surface area contributed by atoms with E-state index in [2.05, 4.69) is 14.9 Å². The molecule has 3 N–H and O–H groups in total. The van der Waals surface area contributed by atoms with Crippen molar-refractivity contribution in [3.8, 4) is 0 Å². The molecule has 0 radical (unpaired) electrons. The van der Waals surface area contributed by atoms with E-state index in [-0.39, 0.29) is 17.9 Å². The smallest absolute Gasteiger partial charge is 0.229 e. The summed E-state index contributed by atoms with van der Waals surface area (Å²) in [5.41, 5.74) is 6.02. The van der Waals surface area contributed by atoms with E-state index < -0.39 is 0 Å². The Balaban J connectivity index is 1.97. The molecule has 0 bridgehead atoms. The van der Waals surface area contributed by atoms with Crippen molar-refractivity contribution in [1.29, 1.82) is 0 Å². The third kappa shape index (κ3) is 2.76. The van der Waals surface area contributed by atoms with Gasteiger partial charge in [0.2, 0.25) is 5.91 Å². The molecule has 1 saturated carbocycles. The minimum Gasteiger partial charge on any atom is -0.327 e. The molecule has 1 aliphatic carbocycles. The molecular formula is C10H16N4OS. The molecule has 6 heteroatoms. The number of rotatable bonds is 2. The third-order valence-electron chi connectivity index (χ3n) is 3.01. The summed E-state index contributed by atoms with van der Waals surface area (Å²) in [6.45, 7) is 0. The van der Waals surface area contributed by atoms with Crippen molar-refractivity contribution >= 4 is 22.4 Å². The zero-order chi connectivity index (χ0) is 11.4. The third-order valence-corrected chi connectivity index (χ3v) is 3.59. The molecule has 0 spiro atoms. The molecule has 1 amide bonds. The number of hydrogen-bond acceptors (Lipinski definition) is 5. The SMILES string of the molecule is NC1CCCCCC1C(=O)Nc1cnns1. The van der Waals surface area contributed by atoms with Crippen LogP contribution in [-0.2, 0) is 4.79 Å². The summed E-state index contributed by atoms with van der Waals surface area (Å²) in [6.07, 6.45) is 6.79. The number of anilines is 1. The highest BCUT2D eigenvalue weighted by Crippen LogP contribution is 2.24. The lowest BCUT2D eigenvalue weighted by Gasteiger charge is -2.19. The quantitative estimate of drug-likeness (QED) is 0.765. The Morgan fingerprint density at radius 2 is 2.25 bits per heavy atom. The van der Waals surface area contributed by atoms with Gasteiger partial charge in [-0.25, -0.2) is 0 Å². The van der Waals surface area contributed by atoms with Crippen molar-refractivity contribution in [1.82, 2.24) is 9.59 Å². The molecule has 1 aromatic rings. The van der Waals surface area contributed by atoms with Gasteiger partial charge >= 0.3 is 0 Å². The van der Waals surface area contributed by atoms with Crippen LogP contribution in [0.15, 0.2) is 6.20 Å². The van der Waals surface area contributed by atoms with Gasteiger partial charge in [-0.2, -0.15) is 0 Å². The predicted molar refractivity (Wildman–Crippen MR) is 63.1 cm³/mol. The van der Waals surface area contributed by atoms with Crippen LogP contribution < -0.4 is 11.1 Å². The van der Waals surface area contributed by atoms with Gasteiger partial charge in [-0.1, -0.05) is 23.8 Å². The van der Waals surface area contributed by atoms with Crippen LogP contribution in [0.25, 0.3) is 0 Å². The second-order valence-electron chi connectivity index (χ2n) is 4.18. The maximum atomic E-state index is 12.0. The minimum absolute atomic E-state index is 0.0108. The predicted octanol–water partition coefficient (Wildman–Crippen LogP) is 1.38. The first-order valence-corrected chi connectivity index (χ1v) is 6.38. The van der Waals surface area contributed by atoms with Gasteiger partial charge in [0.05, 0.1) is 12.1 Å². The molecule has 1 heterocycles. The van der Waals surface area contributed by atoms with Crippen LogP contribution in [0.1, 0.15) is 32.1 Å². The van der Waals surface area contributed by atoms with Gasteiger partial charge in [-0.3, -0.25) is 4.79 Å². The van der Waals surface area contributed by atoms with Crippen LogP contribution in [-0.4, -0.2) is 21.5 Å². The first-order valence-electron chi connectivity index (χ1n) is 5.61. The molecule has 1 aliphatic rings. The van der Waals surface area contributed by atoms with Crippen LogP contribution >= 0.6 is 11.5 Å². The van der Waals surface area contributed by atoms with Crippen LogP contribution in [0.5, 0.6) is 0 Å². The van der Waals surface area contributed by atoms with E-state index in [4.69, 9.17) is 5.73 Å². The topological polar surface area (TPSA) is 80.9 Å². The molecular weight excluding hydrogens is 224 g/mol. The average Bonchev–Trinajstić information content (AvgIpc) is 2.66. The molecule has 88 valence electrons. The molecule has 0 aliphatic heterocycles. The van der Waals surface area contributed by atoms with Crippen LogP contribution in [0.3, 0.4) is 0 Å². The van der Waals surface area contributed by atoms with Gasteiger partial charge in [0.1, 0.15) is 5.00 Å². The lowest BCUT2D eigenvalue weighted by atomic mass is 9.95. The molecule has 2 rings (SSSR count). The highest BCUT2D eigenvalue weighted by Gasteiger charge is 2.27. The fourth-order valence-electron chi connectivity index (χ4n) is 2.10. The van der Waals surface area contributed by atoms with E-state index in [1.807, 2.05) is 0 Å². The number of nitrogens with two attached hydrogens (primary N) is 1. The van der Waals surface area contributed by atoms with Crippen molar-refractivity contribution in [3.05, 3.63) is 6.20 Å². The lowest BCUT2D eigenvalue weighted by molar-refractivity contribution is -0.120. The number of carbonyl (C=O) groups excluding carboxylic acids is 1. The Morgan fingerprint density at radius 3 is 3.00 bits per heavy atom. The molecule has 1 aromatic heterocycles. The van der Waals surface area contributed by atoms with Gasteiger partial charge < -0.3 is 11.1 Å². The Kier molecular flexibility index (Phi) is 3.84. The fraction of sp³-hybridized carbons (Fsp3) is 0.700. The largest absolute Gasteiger partial charge is 0.327 e. The van der Waals surface area contributed by atoms with Gasteiger partial charge in [-0.05, 0) is 12.8 Å². The Hall–Kier alpha value is -1.01. The number of nitrogens with zero attached hydrogens (tertiary/aromatic N) is 2. The van der Waals surface area contributed by atoms with Crippen LogP contribution in [0.2, 0.25) is 0 Å². The average molecular weight is 240 g/mol. The molecule has 1 fully saturated rings. The zero-order valence-electron chi connectivity index (χ0n) is 9.06. The Labute approximate surface area is 98.6 Å². The zero-order valence-corrected chi connectivity index (χ0v) is 9.87. The number of carbonyl (C=O) groups is 1. The van der Waals surface area contributed by atoms with Crippen molar-refractivity contribution in [3.63, 3.8) is 0 Å². The highest BCUT2D eigenvalue weighted by atomic mass is 32.1. The monoisotopic (exact) mass is 240 g/mol. The van der Waals surface area contributed by atoms with E-state index in [9.17, 15) is 4.79 Å². The summed E-state index contributed by atoms with van der Waals surface area (Å²) in [6, 6.07) is -0.0108. The first kappa shape index (κ1) is 11.5. The van der Waals surface area contributed by atoms with Gasteiger partial charge in [-0.15, -0.1) is 5.10 Å². The van der Waals surface area contributed by atoms with Crippen molar-refractivity contribution in [2.45, 2.75) is 38.1 Å². The standard InChI is InChI=1S/C10H16N4OS/c11-8-5-3-1-2-4-7(8)10(15)13-9-6-12-14-16-9/h6-8H,1-5,11H2,(H,13,15). The van der Waals surface area contributed by atoms with Crippen molar-refractivity contribution in [2.75, 3.05) is 5.32 Å². The molecule has 0 aromatic carbocycles. The highest BCUT2D eigenvalue weighted by molar-refractivity contribution is 7.10. The summed E-state index contributed by atoms with van der Waals surface area (Å²) in [5, 5.41) is 7.20. The van der Waals surface area contributed by atoms with E-state index in [1.165, 1.54) is 18.0 Å². The van der Waals surface area contributed by atoms with Crippen LogP contribution in [0.4, 0.5) is 5.00 Å². The maximum absolute atomic E-state index is 12.0. The lowest BCUT2D eigenvalue weighted by Crippen LogP contribution is -2.37. The maximum Gasteiger partial charge on any atom is 0.229 e. The van der Waals surface area contributed by atoms with E-state index in [0.717, 1.165) is 25.7 Å². The van der Waals surface area contributed by atoms with Gasteiger partial charge in [0, 0.05) is 17.6 Å². The van der Waals surface area contributed by atoms with Crippen molar-refractivity contribution < 1.29 is 4.79 Å². The molecule has 2 atom stereocenters. The van der Waals surface area contributed by atoms with E-state index in [1.54, 1.807) is 6.20 Å². The van der Waals surface area contributed by atoms with Gasteiger partial charge in [0.25, 0.3) is 0 Å². The van der Waals surface area contributed by atoms with Gasteiger partial charge in [0.15, 0.2) is 0 Å². The van der Waals surface area contributed by atoms with Crippen LogP contribution in [0, 0.1) is 5.92 Å². The summed E-state index contributed by atoms with van der Waals surface area (Å²) >= 11 is 1.19. The fourth-order valence-corrected chi connectivity index (χ4v) is 2.52. The molecule has 0 saturated heterocycles.